The largest absolute Gasteiger partial charge is 0.494 e. The number of rotatable bonds is 7. The summed E-state index contributed by atoms with van der Waals surface area (Å²) in [4.78, 5) is 12.0. The Balaban J connectivity index is 1.53. The van der Waals surface area contributed by atoms with Crippen LogP contribution in [0.25, 0.3) is 10.8 Å². The number of anilines is 1. The fourth-order valence-corrected chi connectivity index (χ4v) is 2.46. The summed E-state index contributed by atoms with van der Waals surface area (Å²) >= 11 is 0. The zero-order valence-electron chi connectivity index (χ0n) is 14.2. The topological polar surface area (TPSA) is 47.6 Å². The molecule has 3 aromatic rings. The average molecular weight is 335 g/mol. The van der Waals surface area contributed by atoms with Gasteiger partial charge in [-0.25, -0.2) is 0 Å². The molecule has 25 heavy (non-hydrogen) atoms. The molecule has 0 aliphatic carbocycles. The van der Waals surface area contributed by atoms with E-state index in [9.17, 15) is 4.79 Å². The van der Waals surface area contributed by atoms with Crippen molar-refractivity contribution in [2.45, 2.75) is 13.3 Å². The highest BCUT2D eigenvalue weighted by atomic mass is 16.5. The summed E-state index contributed by atoms with van der Waals surface area (Å²) in [7, 11) is 0. The molecular formula is C21H21NO3. The summed E-state index contributed by atoms with van der Waals surface area (Å²) in [6.45, 7) is 2.71. The molecular weight excluding hydrogens is 314 g/mol. The number of hydrogen-bond acceptors (Lipinski definition) is 3. The van der Waals surface area contributed by atoms with Crippen LogP contribution in [0.4, 0.5) is 5.69 Å². The van der Waals surface area contributed by atoms with Gasteiger partial charge in [-0.2, -0.15) is 0 Å². The lowest BCUT2D eigenvalue weighted by Gasteiger charge is -2.09. The SMILES string of the molecule is CCCOc1ccc(NC(=O)COc2ccc3ccccc3c2)cc1. The van der Waals surface area contributed by atoms with Gasteiger partial charge in [0.15, 0.2) is 6.61 Å². The lowest BCUT2D eigenvalue weighted by atomic mass is 10.1. The van der Waals surface area contributed by atoms with Gasteiger partial charge < -0.3 is 14.8 Å². The summed E-state index contributed by atoms with van der Waals surface area (Å²) in [5.41, 5.74) is 0.718. The molecule has 0 aliphatic rings. The van der Waals surface area contributed by atoms with Crippen molar-refractivity contribution in [2.75, 3.05) is 18.5 Å². The van der Waals surface area contributed by atoms with Gasteiger partial charge in [-0.15, -0.1) is 0 Å². The molecule has 4 nitrogen and oxygen atoms in total. The lowest BCUT2D eigenvalue weighted by molar-refractivity contribution is -0.118. The van der Waals surface area contributed by atoms with Gasteiger partial charge in [-0.1, -0.05) is 37.3 Å². The molecule has 0 radical (unpaired) electrons. The van der Waals surface area contributed by atoms with Crippen LogP contribution in [0.2, 0.25) is 0 Å². The van der Waals surface area contributed by atoms with Crippen LogP contribution in [-0.4, -0.2) is 19.1 Å². The molecule has 0 spiro atoms. The van der Waals surface area contributed by atoms with Crippen LogP contribution >= 0.6 is 0 Å². The second-order valence-corrected chi connectivity index (χ2v) is 5.72. The van der Waals surface area contributed by atoms with Crippen LogP contribution in [0, 0.1) is 0 Å². The molecule has 3 rings (SSSR count). The Kier molecular flexibility index (Phi) is 5.52. The molecule has 3 aromatic carbocycles. The minimum absolute atomic E-state index is 0.0353. The van der Waals surface area contributed by atoms with E-state index in [1.54, 1.807) is 0 Å². The molecule has 0 saturated carbocycles. The zero-order chi connectivity index (χ0) is 17.5. The number of fused-ring (bicyclic) bond motifs is 1. The van der Waals surface area contributed by atoms with Gasteiger partial charge in [0.25, 0.3) is 5.91 Å². The number of amides is 1. The average Bonchev–Trinajstić information content (AvgIpc) is 2.65. The highest BCUT2D eigenvalue weighted by molar-refractivity contribution is 5.92. The van der Waals surface area contributed by atoms with Crippen LogP contribution in [0.15, 0.2) is 66.7 Å². The first-order valence-electron chi connectivity index (χ1n) is 8.39. The molecule has 0 heterocycles. The van der Waals surface area contributed by atoms with Crippen molar-refractivity contribution < 1.29 is 14.3 Å². The maximum Gasteiger partial charge on any atom is 0.262 e. The van der Waals surface area contributed by atoms with E-state index in [-0.39, 0.29) is 12.5 Å². The molecule has 0 aliphatic heterocycles. The smallest absolute Gasteiger partial charge is 0.262 e. The molecule has 0 saturated heterocycles. The van der Waals surface area contributed by atoms with Crippen molar-refractivity contribution in [1.29, 1.82) is 0 Å². The van der Waals surface area contributed by atoms with Crippen molar-refractivity contribution in [2.24, 2.45) is 0 Å². The second kappa shape index (κ2) is 8.20. The molecule has 0 fully saturated rings. The van der Waals surface area contributed by atoms with Crippen molar-refractivity contribution in [1.82, 2.24) is 0 Å². The molecule has 0 bridgehead atoms. The van der Waals surface area contributed by atoms with Crippen molar-refractivity contribution >= 4 is 22.4 Å². The third kappa shape index (κ3) is 4.73. The van der Waals surface area contributed by atoms with E-state index in [1.807, 2.05) is 66.7 Å². The molecule has 0 unspecified atom stereocenters. The molecule has 0 atom stereocenters. The van der Waals surface area contributed by atoms with Gasteiger partial charge in [-0.05, 0) is 53.6 Å². The van der Waals surface area contributed by atoms with Crippen LogP contribution in [0.3, 0.4) is 0 Å². The lowest BCUT2D eigenvalue weighted by Crippen LogP contribution is -2.20. The Morgan fingerprint density at radius 2 is 1.60 bits per heavy atom. The maximum atomic E-state index is 12.0. The Labute approximate surface area is 147 Å². The minimum atomic E-state index is -0.199. The third-order valence-corrected chi connectivity index (χ3v) is 3.70. The van der Waals surface area contributed by atoms with Gasteiger partial charge in [0.05, 0.1) is 6.61 Å². The highest BCUT2D eigenvalue weighted by Crippen LogP contribution is 2.20. The first-order valence-corrected chi connectivity index (χ1v) is 8.39. The first-order chi connectivity index (χ1) is 12.2. The fraction of sp³-hybridized carbons (Fsp3) is 0.190. The number of nitrogens with one attached hydrogen (secondary N) is 1. The number of benzene rings is 3. The molecule has 128 valence electrons. The second-order valence-electron chi connectivity index (χ2n) is 5.72. The number of hydrogen-bond donors (Lipinski definition) is 1. The normalized spacial score (nSPS) is 10.4. The summed E-state index contributed by atoms with van der Waals surface area (Å²) in [5, 5.41) is 5.04. The quantitative estimate of drug-likeness (QED) is 0.684. The number of ether oxygens (including phenoxy) is 2. The molecule has 4 heteroatoms. The van der Waals surface area contributed by atoms with E-state index in [2.05, 4.69) is 12.2 Å². The van der Waals surface area contributed by atoms with Crippen LogP contribution in [-0.2, 0) is 4.79 Å². The van der Waals surface area contributed by atoms with Crippen molar-refractivity contribution in [3.8, 4) is 11.5 Å². The van der Waals surface area contributed by atoms with Gasteiger partial charge >= 0.3 is 0 Å². The zero-order valence-corrected chi connectivity index (χ0v) is 14.2. The first kappa shape index (κ1) is 16.8. The monoisotopic (exact) mass is 335 g/mol. The Bertz CT molecular complexity index is 843. The van der Waals surface area contributed by atoms with E-state index >= 15 is 0 Å². The predicted octanol–water partition coefficient (Wildman–Crippen LogP) is 4.65. The minimum Gasteiger partial charge on any atom is -0.494 e. The summed E-state index contributed by atoms with van der Waals surface area (Å²) < 4.78 is 11.1. The number of carbonyl (C=O) groups excluding carboxylic acids is 1. The van der Waals surface area contributed by atoms with E-state index < -0.39 is 0 Å². The molecule has 1 N–H and O–H groups in total. The Hall–Kier alpha value is -3.01. The van der Waals surface area contributed by atoms with E-state index in [0.717, 1.165) is 28.6 Å². The fourth-order valence-electron chi connectivity index (χ4n) is 2.46. The molecule has 1 amide bonds. The van der Waals surface area contributed by atoms with Gasteiger partial charge in [0, 0.05) is 5.69 Å². The number of carbonyl (C=O) groups is 1. The van der Waals surface area contributed by atoms with Crippen LogP contribution in [0.1, 0.15) is 13.3 Å². The van der Waals surface area contributed by atoms with Crippen LogP contribution in [0.5, 0.6) is 11.5 Å². The predicted molar refractivity (Wildman–Crippen MR) is 100 cm³/mol. The Morgan fingerprint density at radius 1 is 0.880 bits per heavy atom. The van der Waals surface area contributed by atoms with Crippen molar-refractivity contribution in [3.05, 3.63) is 66.7 Å². The van der Waals surface area contributed by atoms with Crippen molar-refractivity contribution in [3.63, 3.8) is 0 Å². The van der Waals surface area contributed by atoms with E-state index in [1.165, 1.54) is 0 Å². The van der Waals surface area contributed by atoms with E-state index in [0.29, 0.717) is 12.4 Å². The van der Waals surface area contributed by atoms with E-state index in [4.69, 9.17) is 9.47 Å². The van der Waals surface area contributed by atoms with Gasteiger partial charge in [0.2, 0.25) is 0 Å². The summed E-state index contributed by atoms with van der Waals surface area (Å²) in [5.74, 6) is 1.28. The van der Waals surface area contributed by atoms with Crippen LogP contribution < -0.4 is 14.8 Å². The molecule has 0 aromatic heterocycles. The van der Waals surface area contributed by atoms with Gasteiger partial charge in [-0.3, -0.25) is 4.79 Å². The Morgan fingerprint density at radius 3 is 2.36 bits per heavy atom. The summed E-state index contributed by atoms with van der Waals surface area (Å²) in [6, 6.07) is 21.1. The standard InChI is InChI=1S/C21H21NO3/c1-2-13-24-19-11-8-18(9-12-19)22-21(23)15-25-20-10-7-16-5-3-4-6-17(16)14-20/h3-12,14H,2,13,15H2,1H3,(H,22,23). The maximum absolute atomic E-state index is 12.0. The summed E-state index contributed by atoms with van der Waals surface area (Å²) in [6.07, 6.45) is 0.963. The third-order valence-electron chi connectivity index (χ3n) is 3.70. The van der Waals surface area contributed by atoms with Gasteiger partial charge in [0.1, 0.15) is 11.5 Å². The highest BCUT2D eigenvalue weighted by Gasteiger charge is 2.05.